The zero-order valence-corrected chi connectivity index (χ0v) is 16.0. The van der Waals surface area contributed by atoms with Crippen molar-refractivity contribution in [3.63, 3.8) is 0 Å². The van der Waals surface area contributed by atoms with E-state index in [0.717, 1.165) is 27.1 Å². The molecular weight excluding hydrogens is 364 g/mol. The Hall–Kier alpha value is -3.86. The first-order valence-corrected chi connectivity index (χ1v) is 9.24. The third-order valence-electron chi connectivity index (χ3n) is 4.62. The monoisotopic (exact) mass is 384 g/mol. The minimum absolute atomic E-state index is 0.159. The van der Waals surface area contributed by atoms with E-state index in [1.807, 2.05) is 36.4 Å². The Kier molecular flexibility index (Phi) is 5.38. The molecule has 0 saturated carbocycles. The Morgan fingerprint density at radius 2 is 1.48 bits per heavy atom. The van der Waals surface area contributed by atoms with E-state index in [1.54, 1.807) is 25.5 Å². The molecule has 29 heavy (non-hydrogen) atoms. The van der Waals surface area contributed by atoms with Crippen LogP contribution in [0.4, 0.5) is 0 Å². The standard InChI is InChI=1S/C24H20N2O3/c1-28-22-12-6-7-13-23(22)29-16-24(27)26-25-15-21-19-10-4-2-8-17(19)14-18-9-3-5-11-20(18)21/h2-15H,16H2,1H3,(H,26,27)/b25-15+. The molecule has 0 aliphatic rings. The number of nitrogens with zero attached hydrogens (tertiary/aromatic N) is 1. The summed E-state index contributed by atoms with van der Waals surface area (Å²) in [6, 6.07) is 25.6. The Bertz CT molecular complexity index is 1150. The van der Waals surface area contributed by atoms with Gasteiger partial charge < -0.3 is 9.47 Å². The van der Waals surface area contributed by atoms with Gasteiger partial charge in [-0.25, -0.2) is 5.43 Å². The number of para-hydroxylation sites is 2. The van der Waals surface area contributed by atoms with Gasteiger partial charge in [0.1, 0.15) is 0 Å². The molecule has 4 aromatic rings. The number of rotatable bonds is 6. The zero-order chi connectivity index (χ0) is 20.1. The molecule has 0 aromatic heterocycles. The number of carbonyl (C=O) groups excluding carboxylic acids is 1. The lowest BCUT2D eigenvalue weighted by Crippen LogP contribution is -2.24. The molecule has 5 nitrogen and oxygen atoms in total. The van der Waals surface area contributed by atoms with Crippen molar-refractivity contribution < 1.29 is 14.3 Å². The van der Waals surface area contributed by atoms with Crippen molar-refractivity contribution in [1.29, 1.82) is 0 Å². The Morgan fingerprint density at radius 1 is 0.897 bits per heavy atom. The normalized spacial score (nSPS) is 11.1. The van der Waals surface area contributed by atoms with Crippen LogP contribution in [0.1, 0.15) is 5.56 Å². The van der Waals surface area contributed by atoms with Gasteiger partial charge >= 0.3 is 0 Å². The molecule has 0 fully saturated rings. The number of hydrazone groups is 1. The number of methoxy groups -OCH3 is 1. The number of hydrogen-bond acceptors (Lipinski definition) is 4. The number of amides is 1. The quantitative estimate of drug-likeness (QED) is 0.302. The van der Waals surface area contributed by atoms with Crippen molar-refractivity contribution in [2.45, 2.75) is 0 Å². The second kappa shape index (κ2) is 8.44. The highest BCUT2D eigenvalue weighted by Gasteiger charge is 2.07. The summed E-state index contributed by atoms with van der Waals surface area (Å²) >= 11 is 0. The third kappa shape index (κ3) is 4.04. The highest BCUT2D eigenvalue weighted by Crippen LogP contribution is 2.27. The summed E-state index contributed by atoms with van der Waals surface area (Å²) in [5.74, 6) is 0.733. The molecule has 0 saturated heterocycles. The van der Waals surface area contributed by atoms with Gasteiger partial charge in [-0.3, -0.25) is 4.79 Å². The van der Waals surface area contributed by atoms with Crippen LogP contribution in [0.25, 0.3) is 21.5 Å². The molecule has 0 atom stereocenters. The maximum atomic E-state index is 12.1. The molecule has 0 radical (unpaired) electrons. The Labute approximate surface area is 168 Å². The minimum Gasteiger partial charge on any atom is -0.493 e. The molecule has 0 aliphatic carbocycles. The van der Waals surface area contributed by atoms with E-state index in [4.69, 9.17) is 9.47 Å². The molecule has 1 amide bonds. The van der Waals surface area contributed by atoms with Gasteiger partial charge in [-0.05, 0) is 39.7 Å². The predicted molar refractivity (Wildman–Crippen MR) is 116 cm³/mol. The van der Waals surface area contributed by atoms with Crippen molar-refractivity contribution >= 4 is 33.7 Å². The summed E-state index contributed by atoms with van der Waals surface area (Å²) in [5, 5.41) is 8.56. The van der Waals surface area contributed by atoms with E-state index in [9.17, 15) is 4.79 Å². The van der Waals surface area contributed by atoms with Crippen LogP contribution >= 0.6 is 0 Å². The van der Waals surface area contributed by atoms with Crippen molar-refractivity contribution in [1.82, 2.24) is 5.43 Å². The van der Waals surface area contributed by atoms with E-state index >= 15 is 0 Å². The third-order valence-corrected chi connectivity index (χ3v) is 4.62. The van der Waals surface area contributed by atoms with E-state index in [-0.39, 0.29) is 12.5 Å². The predicted octanol–water partition coefficient (Wildman–Crippen LogP) is 4.53. The molecule has 4 aromatic carbocycles. The van der Waals surface area contributed by atoms with Crippen LogP contribution in [0, 0.1) is 0 Å². The fourth-order valence-corrected chi connectivity index (χ4v) is 3.27. The van der Waals surface area contributed by atoms with Gasteiger partial charge in [-0.15, -0.1) is 0 Å². The highest BCUT2D eigenvalue weighted by molar-refractivity contribution is 6.13. The fourth-order valence-electron chi connectivity index (χ4n) is 3.27. The van der Waals surface area contributed by atoms with Crippen molar-refractivity contribution in [2.24, 2.45) is 5.10 Å². The summed E-state index contributed by atoms with van der Waals surface area (Å²) in [6.07, 6.45) is 1.69. The van der Waals surface area contributed by atoms with E-state index < -0.39 is 0 Å². The van der Waals surface area contributed by atoms with Crippen LogP contribution in [0.3, 0.4) is 0 Å². The van der Waals surface area contributed by atoms with Crippen molar-refractivity contribution in [3.05, 3.63) is 84.4 Å². The average Bonchev–Trinajstić information content (AvgIpc) is 2.77. The summed E-state index contributed by atoms with van der Waals surface area (Å²) in [7, 11) is 1.56. The van der Waals surface area contributed by atoms with Crippen LogP contribution in [0.5, 0.6) is 11.5 Å². The van der Waals surface area contributed by atoms with Gasteiger partial charge in [-0.1, -0.05) is 60.7 Å². The number of carbonyl (C=O) groups is 1. The SMILES string of the molecule is COc1ccccc1OCC(=O)N/N=C/c1c2ccccc2cc2ccccc12. The van der Waals surface area contributed by atoms with Gasteiger partial charge in [0, 0.05) is 5.56 Å². The number of hydrogen-bond donors (Lipinski definition) is 1. The van der Waals surface area contributed by atoms with Gasteiger partial charge in [-0.2, -0.15) is 5.10 Å². The van der Waals surface area contributed by atoms with Crippen molar-refractivity contribution in [2.75, 3.05) is 13.7 Å². The molecule has 0 bridgehead atoms. The molecule has 1 N–H and O–H groups in total. The first-order valence-electron chi connectivity index (χ1n) is 9.24. The molecule has 0 spiro atoms. The van der Waals surface area contributed by atoms with Crippen molar-refractivity contribution in [3.8, 4) is 11.5 Å². The van der Waals surface area contributed by atoms with Gasteiger partial charge in [0.05, 0.1) is 13.3 Å². The van der Waals surface area contributed by atoms with Crippen LogP contribution in [-0.2, 0) is 4.79 Å². The van der Waals surface area contributed by atoms with Crippen LogP contribution in [0.15, 0.2) is 84.0 Å². The minimum atomic E-state index is -0.350. The average molecular weight is 384 g/mol. The second-order valence-electron chi connectivity index (χ2n) is 6.47. The maximum Gasteiger partial charge on any atom is 0.277 e. The molecule has 0 heterocycles. The molecule has 5 heteroatoms. The summed E-state index contributed by atoms with van der Waals surface area (Å²) in [6.45, 7) is -0.159. The fraction of sp³-hybridized carbons (Fsp3) is 0.0833. The molecule has 0 aliphatic heterocycles. The Balaban J connectivity index is 1.51. The van der Waals surface area contributed by atoms with E-state index in [0.29, 0.717) is 11.5 Å². The summed E-state index contributed by atoms with van der Waals surface area (Å²) in [4.78, 5) is 12.1. The zero-order valence-electron chi connectivity index (χ0n) is 16.0. The number of benzene rings is 4. The maximum absolute atomic E-state index is 12.1. The van der Waals surface area contributed by atoms with Gasteiger partial charge in [0.25, 0.3) is 5.91 Å². The Morgan fingerprint density at radius 3 is 2.14 bits per heavy atom. The topological polar surface area (TPSA) is 59.9 Å². The lowest BCUT2D eigenvalue weighted by molar-refractivity contribution is -0.123. The lowest BCUT2D eigenvalue weighted by atomic mass is 9.97. The number of nitrogens with one attached hydrogen (secondary N) is 1. The van der Waals surface area contributed by atoms with Gasteiger partial charge in [0.2, 0.25) is 0 Å². The molecular formula is C24H20N2O3. The molecule has 0 unspecified atom stereocenters. The van der Waals surface area contributed by atoms with E-state index in [1.165, 1.54) is 0 Å². The first-order chi connectivity index (χ1) is 14.3. The molecule has 144 valence electrons. The van der Waals surface area contributed by atoms with Gasteiger partial charge in [0.15, 0.2) is 18.1 Å². The van der Waals surface area contributed by atoms with Crippen LogP contribution in [0.2, 0.25) is 0 Å². The number of ether oxygens (including phenoxy) is 2. The first kappa shape index (κ1) is 18.5. The van der Waals surface area contributed by atoms with E-state index in [2.05, 4.69) is 40.9 Å². The second-order valence-corrected chi connectivity index (χ2v) is 6.47. The molecule has 4 rings (SSSR count). The van der Waals surface area contributed by atoms with Crippen LogP contribution < -0.4 is 14.9 Å². The van der Waals surface area contributed by atoms with Crippen LogP contribution in [-0.4, -0.2) is 25.8 Å². The summed E-state index contributed by atoms with van der Waals surface area (Å²) < 4.78 is 10.7. The lowest BCUT2D eigenvalue weighted by Gasteiger charge is -2.09. The highest BCUT2D eigenvalue weighted by atomic mass is 16.5. The smallest absolute Gasteiger partial charge is 0.277 e. The number of fused-ring (bicyclic) bond motifs is 2. The summed E-state index contributed by atoms with van der Waals surface area (Å²) in [5.41, 5.74) is 3.50. The largest absolute Gasteiger partial charge is 0.493 e.